The smallest absolute Gasteiger partial charge is 1.00 e. The van der Waals surface area contributed by atoms with Gasteiger partial charge in [0.05, 0.1) is 0 Å². The van der Waals surface area contributed by atoms with E-state index in [9.17, 15) is 0 Å². The van der Waals surface area contributed by atoms with Crippen LogP contribution in [0.25, 0.3) is 0 Å². The Kier molecular flexibility index (Phi) is 20.0. The number of hydrogen-bond acceptors (Lipinski definition) is 1. The average Bonchev–Trinajstić information content (AvgIpc) is 0.918. The topological polar surface area (TPSA) is 23.8 Å². The Morgan fingerprint density at radius 3 is 2.00 bits per heavy atom. The number of rotatable bonds is 0. The van der Waals surface area contributed by atoms with Gasteiger partial charge in [0.25, 0.3) is 0 Å². The molecule has 0 rings (SSSR count). The van der Waals surface area contributed by atoms with Gasteiger partial charge in [-0.3, -0.25) is 0 Å². The zero-order valence-corrected chi connectivity index (χ0v) is 5.91. The number of nitriles is 1. The Morgan fingerprint density at radius 1 is 2.00 bits per heavy atom. The molecule has 0 aliphatic heterocycles. The molecular weight excluding hydrogens is 129 g/mol. The predicted octanol–water partition coefficient (Wildman–Crippen LogP) is -2.02. The van der Waals surface area contributed by atoms with Gasteiger partial charge < -0.3 is 1.43 Å². The summed E-state index contributed by atoms with van der Waals surface area (Å²) in [4.78, 5) is 1.56. The Bertz CT molecular complexity index is 33.1. The minimum absolute atomic E-state index is 0. The van der Waals surface area contributed by atoms with Gasteiger partial charge in [-0.05, 0) is 0 Å². The molecule has 0 amide bonds. The van der Waals surface area contributed by atoms with Crippen LogP contribution in [0.1, 0.15) is 1.43 Å². The minimum Gasteiger partial charge on any atom is -1.00 e. The van der Waals surface area contributed by atoms with E-state index in [4.69, 9.17) is 5.26 Å². The van der Waals surface area contributed by atoms with Crippen molar-refractivity contribution in [2.45, 2.75) is 0 Å². The zero-order chi connectivity index (χ0) is 2.71. The normalized spacial score (nSPS) is 2.00. The summed E-state index contributed by atoms with van der Waals surface area (Å²) < 4.78 is 0. The Hall–Kier alpha value is 0.970. The van der Waals surface area contributed by atoms with E-state index in [1.165, 1.54) is 0 Å². The third-order valence-corrected chi connectivity index (χ3v) is 0. The predicted molar refractivity (Wildman–Crippen MR) is 15.7 cm³/mol. The molecule has 4 heavy (non-hydrogen) atoms. The van der Waals surface area contributed by atoms with E-state index in [0.717, 1.165) is 0 Å². The van der Waals surface area contributed by atoms with Crippen LogP contribution in [0, 0.1) is 10.2 Å². The van der Waals surface area contributed by atoms with E-state index < -0.39 is 0 Å². The standard InChI is InChI=1S/CBrN.Na.H/c2-1-3;;/q;+1;-1. The quantitative estimate of drug-likeness (QED) is 0.347. The molecular formula is CHBrNNa. The first-order chi connectivity index (χ1) is 1.41. The molecule has 3 heteroatoms. The summed E-state index contributed by atoms with van der Waals surface area (Å²) in [6.45, 7) is 0. The summed E-state index contributed by atoms with van der Waals surface area (Å²) >= 11 is 2.45. The van der Waals surface area contributed by atoms with Gasteiger partial charge in [-0.25, -0.2) is 0 Å². The van der Waals surface area contributed by atoms with Gasteiger partial charge in [0.1, 0.15) is 4.98 Å². The van der Waals surface area contributed by atoms with Crippen LogP contribution in [0.2, 0.25) is 0 Å². The van der Waals surface area contributed by atoms with Crippen molar-refractivity contribution in [2.24, 2.45) is 0 Å². The summed E-state index contributed by atoms with van der Waals surface area (Å²) in [6, 6.07) is 0. The first-order valence-corrected chi connectivity index (χ1v) is 1.21. The molecule has 0 aromatic rings. The fourth-order valence-corrected chi connectivity index (χ4v) is 0. The SMILES string of the molecule is N#CBr.[H-].[Na+]. The molecule has 0 bridgehead atoms. The number of halogens is 1. The molecule has 1 nitrogen and oxygen atoms in total. The van der Waals surface area contributed by atoms with Gasteiger partial charge in [0.15, 0.2) is 0 Å². The summed E-state index contributed by atoms with van der Waals surface area (Å²) in [5.41, 5.74) is 0. The third kappa shape index (κ3) is 12.3. The third-order valence-electron chi connectivity index (χ3n) is 0. The van der Waals surface area contributed by atoms with Crippen LogP contribution < -0.4 is 29.6 Å². The summed E-state index contributed by atoms with van der Waals surface area (Å²) in [7, 11) is 0. The largest absolute Gasteiger partial charge is 1.00 e. The van der Waals surface area contributed by atoms with Crippen LogP contribution in [0.15, 0.2) is 0 Å². The summed E-state index contributed by atoms with van der Waals surface area (Å²) in [5, 5.41) is 7.24. The molecule has 0 saturated heterocycles. The molecule has 0 spiro atoms. The number of hydrogen-bond donors (Lipinski definition) is 0. The minimum atomic E-state index is 0. The summed E-state index contributed by atoms with van der Waals surface area (Å²) in [5.74, 6) is 0. The van der Waals surface area contributed by atoms with Gasteiger partial charge in [-0.2, -0.15) is 5.26 Å². The fourth-order valence-electron chi connectivity index (χ4n) is 0. The van der Waals surface area contributed by atoms with Gasteiger partial charge in [0.2, 0.25) is 0 Å². The molecule has 0 fully saturated rings. The maximum Gasteiger partial charge on any atom is 1.00 e. The van der Waals surface area contributed by atoms with E-state index in [0.29, 0.717) is 0 Å². The average molecular weight is 130 g/mol. The van der Waals surface area contributed by atoms with E-state index in [-0.39, 0.29) is 31.0 Å². The summed E-state index contributed by atoms with van der Waals surface area (Å²) in [6.07, 6.45) is 0. The van der Waals surface area contributed by atoms with Crippen LogP contribution in [0.5, 0.6) is 0 Å². The molecule has 0 N–H and O–H groups in total. The molecule has 0 aliphatic rings. The molecule has 0 atom stereocenters. The fraction of sp³-hybridized carbons (Fsp3) is 0. The molecule has 0 saturated carbocycles. The van der Waals surface area contributed by atoms with Crippen molar-refractivity contribution in [1.82, 2.24) is 0 Å². The molecule has 0 aromatic carbocycles. The Morgan fingerprint density at radius 2 is 2.00 bits per heavy atom. The second-order valence-corrected chi connectivity index (χ2v) is 0.439. The van der Waals surface area contributed by atoms with Crippen molar-refractivity contribution in [1.29, 1.82) is 5.26 Å². The van der Waals surface area contributed by atoms with Crippen molar-refractivity contribution in [2.75, 3.05) is 0 Å². The molecule has 0 radical (unpaired) electrons. The monoisotopic (exact) mass is 129 g/mol. The van der Waals surface area contributed by atoms with Gasteiger partial charge in [0, 0.05) is 15.9 Å². The van der Waals surface area contributed by atoms with Crippen molar-refractivity contribution < 1.29 is 31.0 Å². The van der Waals surface area contributed by atoms with Crippen LogP contribution >= 0.6 is 15.9 Å². The van der Waals surface area contributed by atoms with Crippen molar-refractivity contribution in [3.05, 3.63) is 0 Å². The van der Waals surface area contributed by atoms with Crippen molar-refractivity contribution in [3.63, 3.8) is 0 Å². The Balaban J connectivity index is -0.0000000200. The van der Waals surface area contributed by atoms with Crippen LogP contribution in [0.3, 0.4) is 0 Å². The second kappa shape index (κ2) is 9.02. The second-order valence-electron chi connectivity index (χ2n) is 0.0845. The van der Waals surface area contributed by atoms with E-state index >= 15 is 0 Å². The van der Waals surface area contributed by atoms with Gasteiger partial charge in [-0.1, -0.05) is 0 Å². The van der Waals surface area contributed by atoms with E-state index in [2.05, 4.69) is 15.9 Å². The van der Waals surface area contributed by atoms with Gasteiger partial charge in [-0.15, -0.1) is 0 Å². The van der Waals surface area contributed by atoms with E-state index in [1.54, 1.807) is 4.98 Å². The Labute approximate surface area is 56.9 Å². The van der Waals surface area contributed by atoms with Crippen LogP contribution in [-0.4, -0.2) is 0 Å². The first kappa shape index (κ1) is 8.88. The van der Waals surface area contributed by atoms with Crippen LogP contribution in [0.4, 0.5) is 0 Å². The van der Waals surface area contributed by atoms with Crippen LogP contribution in [-0.2, 0) is 0 Å². The molecule has 18 valence electrons. The van der Waals surface area contributed by atoms with Crippen molar-refractivity contribution in [3.8, 4) is 4.98 Å². The van der Waals surface area contributed by atoms with Gasteiger partial charge >= 0.3 is 29.6 Å². The molecule has 0 aliphatic carbocycles. The number of nitrogens with zero attached hydrogens (tertiary/aromatic N) is 1. The molecule has 0 unspecified atom stereocenters. The first-order valence-electron chi connectivity index (χ1n) is 0.413. The zero-order valence-electron chi connectivity index (χ0n) is 3.33. The van der Waals surface area contributed by atoms with E-state index in [1.807, 2.05) is 0 Å². The molecule has 0 heterocycles. The molecule has 0 aromatic heterocycles. The maximum absolute atomic E-state index is 7.24. The maximum atomic E-state index is 7.24. The van der Waals surface area contributed by atoms with Crippen molar-refractivity contribution >= 4 is 15.9 Å².